The Morgan fingerprint density at radius 1 is 1.16 bits per heavy atom. The van der Waals surface area contributed by atoms with Crippen molar-refractivity contribution >= 4 is 5.97 Å². The molecule has 0 radical (unpaired) electrons. The minimum absolute atomic E-state index is 0.277. The predicted molar refractivity (Wildman–Crippen MR) is 72.4 cm³/mol. The normalized spacial score (nSPS) is 10.2. The highest BCUT2D eigenvalue weighted by Crippen LogP contribution is 2.20. The molecule has 4 nitrogen and oxygen atoms in total. The molecule has 0 atom stereocenters. The van der Waals surface area contributed by atoms with Gasteiger partial charge in [-0.15, -0.1) is 0 Å². The fourth-order valence-corrected chi connectivity index (χ4v) is 1.65. The molecule has 2 rings (SSSR count). The van der Waals surface area contributed by atoms with Gasteiger partial charge in [-0.1, -0.05) is 19.1 Å². The second-order valence-corrected chi connectivity index (χ2v) is 4.12. The van der Waals surface area contributed by atoms with Crippen LogP contribution in [-0.2, 0) is 0 Å². The van der Waals surface area contributed by atoms with Crippen LogP contribution in [0.2, 0.25) is 0 Å². The number of benzene rings is 1. The first-order valence-corrected chi connectivity index (χ1v) is 6.13. The molecule has 0 bridgehead atoms. The molecule has 4 heteroatoms. The molecule has 1 heterocycles. The standard InChI is InChI=1S/C15H15NO3/c1-2-9-19-14-8-7-13(10-16-14)11-3-5-12(6-4-11)15(17)18/h3-8,10H,2,9H2,1H3,(H,17,18). The Hall–Kier alpha value is -2.36. The molecule has 0 saturated heterocycles. The average molecular weight is 257 g/mol. The summed E-state index contributed by atoms with van der Waals surface area (Å²) in [5.74, 6) is -0.319. The molecule has 0 aliphatic carbocycles. The number of hydrogen-bond donors (Lipinski definition) is 1. The van der Waals surface area contributed by atoms with Gasteiger partial charge in [-0.25, -0.2) is 9.78 Å². The maximum atomic E-state index is 10.8. The van der Waals surface area contributed by atoms with E-state index in [1.807, 2.05) is 19.1 Å². The Bertz CT molecular complexity index is 547. The average Bonchev–Trinajstić information content (AvgIpc) is 2.46. The van der Waals surface area contributed by atoms with E-state index in [2.05, 4.69) is 4.98 Å². The summed E-state index contributed by atoms with van der Waals surface area (Å²) in [6.45, 7) is 2.69. The molecule has 2 aromatic rings. The van der Waals surface area contributed by atoms with Gasteiger partial charge in [0.15, 0.2) is 0 Å². The zero-order chi connectivity index (χ0) is 13.7. The summed E-state index contributed by atoms with van der Waals surface area (Å²) >= 11 is 0. The van der Waals surface area contributed by atoms with Crippen molar-refractivity contribution in [2.75, 3.05) is 6.61 Å². The largest absolute Gasteiger partial charge is 0.478 e. The summed E-state index contributed by atoms with van der Waals surface area (Å²) in [4.78, 5) is 15.0. The van der Waals surface area contributed by atoms with E-state index in [-0.39, 0.29) is 5.56 Å². The molecule has 0 aliphatic heterocycles. The number of pyridine rings is 1. The van der Waals surface area contributed by atoms with E-state index in [9.17, 15) is 4.79 Å². The Labute approximate surface area is 111 Å². The molecule has 1 aromatic heterocycles. The topological polar surface area (TPSA) is 59.4 Å². The van der Waals surface area contributed by atoms with E-state index in [0.717, 1.165) is 17.5 Å². The molecule has 98 valence electrons. The van der Waals surface area contributed by atoms with Crippen LogP contribution in [0.3, 0.4) is 0 Å². The number of nitrogens with zero attached hydrogens (tertiary/aromatic N) is 1. The molecule has 19 heavy (non-hydrogen) atoms. The third-order valence-corrected chi connectivity index (χ3v) is 2.66. The lowest BCUT2D eigenvalue weighted by molar-refractivity contribution is 0.0697. The van der Waals surface area contributed by atoms with Crippen LogP contribution in [-0.4, -0.2) is 22.7 Å². The van der Waals surface area contributed by atoms with Crippen molar-refractivity contribution in [1.29, 1.82) is 0 Å². The van der Waals surface area contributed by atoms with Gasteiger partial charge in [0.2, 0.25) is 5.88 Å². The van der Waals surface area contributed by atoms with Gasteiger partial charge >= 0.3 is 5.97 Å². The molecular weight excluding hydrogens is 242 g/mol. The van der Waals surface area contributed by atoms with Crippen LogP contribution in [0.4, 0.5) is 0 Å². The lowest BCUT2D eigenvalue weighted by Gasteiger charge is -2.05. The number of rotatable bonds is 5. The molecule has 1 N–H and O–H groups in total. The van der Waals surface area contributed by atoms with Crippen molar-refractivity contribution in [1.82, 2.24) is 4.98 Å². The lowest BCUT2D eigenvalue weighted by atomic mass is 10.1. The molecule has 0 spiro atoms. The number of carboxylic acids is 1. The van der Waals surface area contributed by atoms with Crippen LogP contribution in [0, 0.1) is 0 Å². The maximum absolute atomic E-state index is 10.8. The predicted octanol–water partition coefficient (Wildman–Crippen LogP) is 3.24. The molecule has 0 unspecified atom stereocenters. The Balaban J connectivity index is 2.15. The van der Waals surface area contributed by atoms with Gasteiger partial charge in [0, 0.05) is 17.8 Å². The highest BCUT2D eigenvalue weighted by Gasteiger charge is 2.04. The Morgan fingerprint density at radius 3 is 2.37 bits per heavy atom. The van der Waals surface area contributed by atoms with Crippen LogP contribution in [0.15, 0.2) is 42.6 Å². The minimum atomic E-state index is -0.923. The van der Waals surface area contributed by atoms with Gasteiger partial charge in [-0.05, 0) is 30.2 Å². The van der Waals surface area contributed by atoms with E-state index in [4.69, 9.17) is 9.84 Å². The molecule has 0 saturated carbocycles. The Morgan fingerprint density at radius 2 is 1.84 bits per heavy atom. The van der Waals surface area contributed by atoms with Crippen molar-refractivity contribution in [3.05, 3.63) is 48.2 Å². The molecule has 0 aliphatic rings. The van der Waals surface area contributed by atoms with Gasteiger partial charge in [-0.3, -0.25) is 0 Å². The zero-order valence-electron chi connectivity index (χ0n) is 10.7. The van der Waals surface area contributed by atoms with Crippen molar-refractivity contribution in [3.63, 3.8) is 0 Å². The summed E-state index contributed by atoms with van der Waals surface area (Å²) < 4.78 is 5.41. The van der Waals surface area contributed by atoms with Crippen LogP contribution < -0.4 is 4.74 Å². The van der Waals surface area contributed by atoms with Crippen molar-refractivity contribution in [2.24, 2.45) is 0 Å². The van der Waals surface area contributed by atoms with Crippen molar-refractivity contribution < 1.29 is 14.6 Å². The quantitative estimate of drug-likeness (QED) is 0.893. The number of aromatic nitrogens is 1. The van der Waals surface area contributed by atoms with Gasteiger partial charge in [0.1, 0.15) is 0 Å². The first kappa shape index (κ1) is 13.1. The van der Waals surface area contributed by atoms with Gasteiger partial charge in [0.05, 0.1) is 12.2 Å². The molecule has 0 amide bonds. The third-order valence-electron chi connectivity index (χ3n) is 2.66. The number of carboxylic acid groups (broad SMARTS) is 1. The Kier molecular flexibility index (Phi) is 4.13. The first-order chi connectivity index (χ1) is 9.20. The summed E-state index contributed by atoms with van der Waals surface area (Å²) in [6.07, 6.45) is 2.67. The van der Waals surface area contributed by atoms with Crippen molar-refractivity contribution in [2.45, 2.75) is 13.3 Å². The SMILES string of the molecule is CCCOc1ccc(-c2ccc(C(=O)O)cc2)cn1. The highest BCUT2D eigenvalue weighted by molar-refractivity contribution is 5.88. The second-order valence-electron chi connectivity index (χ2n) is 4.12. The van der Waals surface area contributed by atoms with Crippen LogP contribution in [0.25, 0.3) is 11.1 Å². The zero-order valence-corrected chi connectivity index (χ0v) is 10.7. The minimum Gasteiger partial charge on any atom is -0.478 e. The fraction of sp³-hybridized carbons (Fsp3) is 0.200. The number of carbonyl (C=O) groups is 1. The summed E-state index contributed by atoms with van der Waals surface area (Å²) in [5, 5.41) is 8.84. The van der Waals surface area contributed by atoms with Crippen LogP contribution in [0.5, 0.6) is 5.88 Å². The van der Waals surface area contributed by atoms with E-state index in [1.165, 1.54) is 0 Å². The van der Waals surface area contributed by atoms with Crippen LogP contribution >= 0.6 is 0 Å². The maximum Gasteiger partial charge on any atom is 0.335 e. The molecular formula is C15H15NO3. The van der Waals surface area contributed by atoms with Gasteiger partial charge in [0.25, 0.3) is 0 Å². The monoisotopic (exact) mass is 257 g/mol. The van der Waals surface area contributed by atoms with Gasteiger partial charge < -0.3 is 9.84 Å². The van der Waals surface area contributed by atoms with E-state index in [0.29, 0.717) is 12.5 Å². The van der Waals surface area contributed by atoms with Crippen LogP contribution in [0.1, 0.15) is 23.7 Å². The van der Waals surface area contributed by atoms with Gasteiger partial charge in [-0.2, -0.15) is 0 Å². The van der Waals surface area contributed by atoms with E-state index >= 15 is 0 Å². The lowest BCUT2D eigenvalue weighted by Crippen LogP contribution is -1.97. The number of ether oxygens (including phenoxy) is 1. The second kappa shape index (κ2) is 6.00. The summed E-state index contributed by atoms with van der Waals surface area (Å²) in [5.41, 5.74) is 2.14. The van der Waals surface area contributed by atoms with Crippen molar-refractivity contribution in [3.8, 4) is 17.0 Å². The first-order valence-electron chi connectivity index (χ1n) is 6.13. The van der Waals surface area contributed by atoms with E-state index in [1.54, 1.807) is 30.5 Å². The smallest absolute Gasteiger partial charge is 0.335 e. The fourth-order valence-electron chi connectivity index (χ4n) is 1.65. The number of hydrogen-bond acceptors (Lipinski definition) is 3. The molecule has 0 fully saturated rings. The highest BCUT2D eigenvalue weighted by atomic mass is 16.5. The summed E-state index contributed by atoms with van der Waals surface area (Å²) in [7, 11) is 0. The number of aromatic carboxylic acids is 1. The summed E-state index contributed by atoms with van der Waals surface area (Å²) in [6, 6.07) is 10.4. The van der Waals surface area contributed by atoms with E-state index < -0.39 is 5.97 Å². The molecule has 1 aromatic carbocycles. The third kappa shape index (κ3) is 3.31.